The molecule has 2 aromatic heterocycles. The first-order chi connectivity index (χ1) is 15.0. The summed E-state index contributed by atoms with van der Waals surface area (Å²) in [5.41, 5.74) is 7.30. The number of amides is 2. The summed E-state index contributed by atoms with van der Waals surface area (Å²) in [6, 6.07) is 14.4. The van der Waals surface area contributed by atoms with Gasteiger partial charge in [0.25, 0.3) is 5.91 Å². The normalized spacial score (nSPS) is 16.0. The third-order valence-electron chi connectivity index (χ3n) is 5.31. The first-order valence-electron chi connectivity index (χ1n) is 10.2. The van der Waals surface area contributed by atoms with Crippen LogP contribution < -0.4 is 11.1 Å². The lowest BCUT2D eigenvalue weighted by Gasteiger charge is -2.32. The van der Waals surface area contributed by atoms with E-state index in [0.717, 1.165) is 25.1 Å². The molecule has 2 amide bonds. The van der Waals surface area contributed by atoms with Crippen molar-refractivity contribution in [3.05, 3.63) is 77.4 Å². The number of rotatable bonds is 5. The molecule has 3 aromatic rings. The van der Waals surface area contributed by atoms with Crippen LogP contribution in [0.15, 0.2) is 54.7 Å². The molecule has 1 fully saturated rings. The molecular weight excluding hydrogens is 392 g/mol. The topological polar surface area (TPSA) is 114 Å². The van der Waals surface area contributed by atoms with Crippen LogP contribution in [0, 0.1) is 6.92 Å². The van der Waals surface area contributed by atoms with Crippen LogP contribution in [-0.2, 0) is 0 Å². The van der Waals surface area contributed by atoms with Crippen LogP contribution in [0.25, 0.3) is 0 Å². The number of benzene rings is 1. The highest BCUT2D eigenvalue weighted by molar-refractivity contribution is 5.94. The van der Waals surface area contributed by atoms with Gasteiger partial charge in [-0.3, -0.25) is 9.59 Å². The van der Waals surface area contributed by atoms with E-state index < -0.39 is 5.91 Å². The van der Waals surface area contributed by atoms with E-state index in [1.165, 1.54) is 6.20 Å². The molecular formula is C23H24N6O2. The quantitative estimate of drug-likeness (QED) is 0.661. The highest BCUT2D eigenvalue weighted by Gasteiger charge is 2.27. The van der Waals surface area contributed by atoms with Crippen LogP contribution in [-0.4, -0.2) is 44.8 Å². The minimum absolute atomic E-state index is 0.0434. The zero-order valence-electron chi connectivity index (χ0n) is 17.3. The highest BCUT2D eigenvalue weighted by Crippen LogP contribution is 2.28. The Morgan fingerprint density at radius 3 is 2.65 bits per heavy atom. The van der Waals surface area contributed by atoms with Crippen molar-refractivity contribution in [2.45, 2.75) is 25.7 Å². The van der Waals surface area contributed by atoms with Crippen LogP contribution in [0.4, 0.5) is 11.6 Å². The monoisotopic (exact) mass is 416 g/mol. The van der Waals surface area contributed by atoms with Gasteiger partial charge >= 0.3 is 0 Å². The van der Waals surface area contributed by atoms with Gasteiger partial charge in [0.15, 0.2) is 0 Å². The Bertz CT molecular complexity index is 1100. The van der Waals surface area contributed by atoms with E-state index in [9.17, 15) is 9.59 Å². The summed E-state index contributed by atoms with van der Waals surface area (Å²) in [6.45, 7) is 3.18. The molecule has 31 heavy (non-hydrogen) atoms. The van der Waals surface area contributed by atoms with Crippen LogP contribution in [0.2, 0.25) is 0 Å². The molecule has 8 nitrogen and oxygen atoms in total. The van der Waals surface area contributed by atoms with Gasteiger partial charge in [-0.15, -0.1) is 0 Å². The molecule has 1 aliphatic rings. The highest BCUT2D eigenvalue weighted by atomic mass is 16.2. The van der Waals surface area contributed by atoms with E-state index in [2.05, 4.69) is 20.3 Å². The fraction of sp³-hybridized carbons (Fsp3) is 0.261. The lowest BCUT2D eigenvalue weighted by atomic mass is 9.94. The zero-order valence-corrected chi connectivity index (χ0v) is 17.3. The summed E-state index contributed by atoms with van der Waals surface area (Å²) in [4.78, 5) is 39.5. The van der Waals surface area contributed by atoms with Crippen molar-refractivity contribution in [1.29, 1.82) is 0 Å². The van der Waals surface area contributed by atoms with Crippen molar-refractivity contribution >= 4 is 23.5 Å². The second-order valence-corrected chi connectivity index (χ2v) is 7.60. The van der Waals surface area contributed by atoms with Gasteiger partial charge in [0.1, 0.15) is 17.5 Å². The van der Waals surface area contributed by atoms with Crippen LogP contribution in [0.1, 0.15) is 51.0 Å². The average Bonchev–Trinajstić information content (AvgIpc) is 2.79. The van der Waals surface area contributed by atoms with E-state index in [0.29, 0.717) is 35.1 Å². The van der Waals surface area contributed by atoms with Gasteiger partial charge in [-0.2, -0.15) is 0 Å². The van der Waals surface area contributed by atoms with Crippen molar-refractivity contribution in [2.24, 2.45) is 5.73 Å². The van der Waals surface area contributed by atoms with E-state index in [-0.39, 0.29) is 11.8 Å². The Balaban J connectivity index is 1.53. The fourth-order valence-electron chi connectivity index (χ4n) is 3.81. The molecule has 8 heteroatoms. The number of carbonyl (C=O) groups excluding carboxylic acids is 2. The smallest absolute Gasteiger partial charge is 0.253 e. The van der Waals surface area contributed by atoms with Crippen molar-refractivity contribution in [1.82, 2.24) is 19.9 Å². The summed E-state index contributed by atoms with van der Waals surface area (Å²) in [6.07, 6.45) is 3.38. The number of likely N-dealkylation sites (tertiary alicyclic amines) is 1. The van der Waals surface area contributed by atoms with Crippen molar-refractivity contribution < 1.29 is 9.59 Å². The van der Waals surface area contributed by atoms with E-state index in [1.807, 2.05) is 48.2 Å². The first-order valence-corrected chi connectivity index (χ1v) is 10.2. The van der Waals surface area contributed by atoms with Crippen molar-refractivity contribution in [3.63, 3.8) is 0 Å². The second kappa shape index (κ2) is 8.91. The van der Waals surface area contributed by atoms with Crippen LogP contribution in [0.3, 0.4) is 0 Å². The number of primary amides is 1. The minimum atomic E-state index is -0.518. The number of aromatic nitrogens is 3. The van der Waals surface area contributed by atoms with E-state index in [4.69, 9.17) is 5.73 Å². The lowest BCUT2D eigenvalue weighted by molar-refractivity contribution is 0.0705. The number of anilines is 2. The Morgan fingerprint density at radius 2 is 1.87 bits per heavy atom. The third-order valence-corrected chi connectivity index (χ3v) is 5.31. The number of piperidine rings is 1. The molecule has 1 aromatic carbocycles. The molecule has 3 heterocycles. The maximum absolute atomic E-state index is 12.9. The molecule has 158 valence electrons. The predicted molar refractivity (Wildman–Crippen MR) is 117 cm³/mol. The number of aryl methyl sites for hydroxylation is 1. The summed E-state index contributed by atoms with van der Waals surface area (Å²) < 4.78 is 0. The van der Waals surface area contributed by atoms with E-state index in [1.54, 1.807) is 12.1 Å². The number of hydrogen-bond donors (Lipinski definition) is 2. The molecule has 1 aliphatic heterocycles. The second-order valence-electron chi connectivity index (χ2n) is 7.60. The van der Waals surface area contributed by atoms with Gasteiger partial charge < -0.3 is 16.0 Å². The Labute approximate surface area is 180 Å². The molecule has 1 atom stereocenters. The maximum atomic E-state index is 12.9. The van der Waals surface area contributed by atoms with Gasteiger partial charge in [0.2, 0.25) is 5.91 Å². The standard InChI is InChI=1S/C23H24N6O2/c1-15-26-19(13-21(27-15)28-20-12-17(22(24)30)9-10-25-20)18-8-5-11-29(14-18)23(31)16-6-3-2-4-7-16/h2-4,6-7,9-10,12-13,18H,5,8,11,14H2,1H3,(H2,24,30)(H,25,26,27,28). The summed E-state index contributed by atoms with van der Waals surface area (Å²) in [5, 5.41) is 3.13. The summed E-state index contributed by atoms with van der Waals surface area (Å²) in [5.74, 6) is 1.33. The number of nitrogens with one attached hydrogen (secondary N) is 1. The number of carbonyl (C=O) groups is 2. The van der Waals surface area contributed by atoms with Gasteiger partial charge in [0.05, 0.1) is 5.69 Å². The zero-order chi connectivity index (χ0) is 21.8. The average molecular weight is 416 g/mol. The molecule has 0 saturated carbocycles. The summed E-state index contributed by atoms with van der Waals surface area (Å²) in [7, 11) is 0. The van der Waals surface area contributed by atoms with Gasteiger partial charge in [-0.25, -0.2) is 15.0 Å². The molecule has 4 rings (SSSR count). The van der Waals surface area contributed by atoms with Gasteiger partial charge in [-0.1, -0.05) is 18.2 Å². The first kappa shape index (κ1) is 20.5. The Morgan fingerprint density at radius 1 is 1.06 bits per heavy atom. The number of nitrogens with two attached hydrogens (primary N) is 1. The Kier molecular flexibility index (Phi) is 5.88. The number of pyridine rings is 1. The molecule has 0 radical (unpaired) electrons. The molecule has 0 bridgehead atoms. The molecule has 0 aliphatic carbocycles. The van der Waals surface area contributed by atoms with Crippen molar-refractivity contribution in [3.8, 4) is 0 Å². The fourth-order valence-corrected chi connectivity index (χ4v) is 3.81. The Hall–Kier alpha value is -3.81. The largest absolute Gasteiger partial charge is 0.366 e. The number of nitrogens with zero attached hydrogens (tertiary/aromatic N) is 4. The third kappa shape index (κ3) is 4.85. The minimum Gasteiger partial charge on any atom is -0.366 e. The SMILES string of the molecule is Cc1nc(Nc2cc(C(N)=O)ccn2)cc(C2CCCN(C(=O)c3ccccc3)C2)n1. The molecule has 0 spiro atoms. The van der Waals surface area contributed by atoms with Gasteiger partial charge in [-0.05, 0) is 44.0 Å². The van der Waals surface area contributed by atoms with Gasteiger partial charge in [0, 0.05) is 42.4 Å². The maximum Gasteiger partial charge on any atom is 0.253 e. The van der Waals surface area contributed by atoms with Crippen LogP contribution in [0.5, 0.6) is 0 Å². The summed E-state index contributed by atoms with van der Waals surface area (Å²) >= 11 is 0. The number of hydrogen-bond acceptors (Lipinski definition) is 6. The predicted octanol–water partition coefficient (Wildman–Crippen LogP) is 3.04. The van der Waals surface area contributed by atoms with E-state index >= 15 is 0 Å². The molecule has 1 unspecified atom stereocenters. The van der Waals surface area contributed by atoms with Crippen molar-refractivity contribution in [2.75, 3.05) is 18.4 Å². The lowest BCUT2D eigenvalue weighted by Crippen LogP contribution is -2.39. The molecule has 3 N–H and O–H groups in total. The van der Waals surface area contributed by atoms with Crippen LogP contribution >= 0.6 is 0 Å². The molecule has 1 saturated heterocycles.